The maximum absolute atomic E-state index is 11.8. The first-order chi connectivity index (χ1) is 7.07. The predicted molar refractivity (Wildman–Crippen MR) is 56.8 cm³/mol. The van der Waals surface area contributed by atoms with Gasteiger partial charge in [-0.2, -0.15) is 0 Å². The first-order valence-electron chi connectivity index (χ1n) is 5.43. The first kappa shape index (κ1) is 12.0. The minimum absolute atomic E-state index is 0.141. The Kier molecular flexibility index (Phi) is 4.08. The number of amides is 2. The minimum atomic E-state index is -0.491. The normalized spacial score (nSPS) is 22.8. The zero-order valence-electron chi connectivity index (χ0n) is 9.11. The molecule has 0 radical (unpaired) electrons. The highest BCUT2D eigenvalue weighted by Crippen LogP contribution is 2.18. The van der Waals surface area contributed by atoms with Crippen molar-refractivity contribution in [2.24, 2.45) is 11.5 Å². The van der Waals surface area contributed by atoms with Gasteiger partial charge in [0.2, 0.25) is 11.8 Å². The molecule has 4 N–H and O–H groups in total. The van der Waals surface area contributed by atoms with Crippen LogP contribution in [0.1, 0.15) is 32.6 Å². The van der Waals surface area contributed by atoms with Crippen molar-refractivity contribution >= 4 is 11.8 Å². The van der Waals surface area contributed by atoms with Gasteiger partial charge >= 0.3 is 0 Å². The predicted octanol–water partition coefficient (Wildman–Crippen LogP) is -0.410. The molecule has 1 aliphatic heterocycles. The number of likely N-dealkylation sites (tertiary alicyclic amines) is 1. The van der Waals surface area contributed by atoms with Gasteiger partial charge in [0, 0.05) is 6.54 Å². The molecule has 0 spiro atoms. The van der Waals surface area contributed by atoms with Crippen LogP contribution in [-0.4, -0.2) is 35.3 Å². The standard InChI is InChI=1S/C10H19N3O2/c1-2-4-7(11)10(15)13-6-3-5-8(13)9(12)14/h7-8H,2-6,11H2,1H3,(H2,12,14)/t7-,8?/m1/s1. The van der Waals surface area contributed by atoms with Gasteiger partial charge < -0.3 is 16.4 Å². The molecule has 2 amide bonds. The molecule has 86 valence electrons. The fourth-order valence-electron chi connectivity index (χ4n) is 1.97. The van der Waals surface area contributed by atoms with Crippen LogP contribution < -0.4 is 11.5 Å². The van der Waals surface area contributed by atoms with E-state index in [0.717, 1.165) is 12.8 Å². The van der Waals surface area contributed by atoms with Crippen molar-refractivity contribution in [2.75, 3.05) is 6.54 Å². The van der Waals surface area contributed by atoms with Crippen molar-refractivity contribution in [3.63, 3.8) is 0 Å². The Morgan fingerprint density at radius 3 is 2.73 bits per heavy atom. The van der Waals surface area contributed by atoms with Crippen molar-refractivity contribution < 1.29 is 9.59 Å². The van der Waals surface area contributed by atoms with Gasteiger partial charge in [-0.05, 0) is 19.3 Å². The number of primary amides is 1. The SMILES string of the molecule is CCC[C@@H](N)C(=O)N1CCCC1C(N)=O. The van der Waals surface area contributed by atoms with Gasteiger partial charge in [-0.25, -0.2) is 0 Å². The Labute approximate surface area is 89.8 Å². The molecule has 1 rings (SSSR count). The van der Waals surface area contributed by atoms with Crippen LogP contribution in [-0.2, 0) is 9.59 Å². The third-order valence-corrected chi connectivity index (χ3v) is 2.78. The molecule has 15 heavy (non-hydrogen) atoms. The molecule has 2 atom stereocenters. The molecule has 5 nitrogen and oxygen atoms in total. The van der Waals surface area contributed by atoms with Crippen LogP contribution >= 0.6 is 0 Å². The van der Waals surface area contributed by atoms with Gasteiger partial charge in [0.15, 0.2) is 0 Å². The van der Waals surface area contributed by atoms with Crippen LogP contribution in [0.25, 0.3) is 0 Å². The van der Waals surface area contributed by atoms with E-state index in [1.807, 2.05) is 6.92 Å². The third kappa shape index (κ3) is 2.68. The van der Waals surface area contributed by atoms with Crippen LogP contribution in [0.2, 0.25) is 0 Å². The summed E-state index contributed by atoms with van der Waals surface area (Å²) in [6, 6.07) is -0.935. The summed E-state index contributed by atoms with van der Waals surface area (Å²) in [5.41, 5.74) is 11.0. The summed E-state index contributed by atoms with van der Waals surface area (Å²) in [6.07, 6.45) is 3.01. The Morgan fingerprint density at radius 1 is 1.53 bits per heavy atom. The minimum Gasteiger partial charge on any atom is -0.368 e. The van der Waals surface area contributed by atoms with Gasteiger partial charge in [0.1, 0.15) is 6.04 Å². The zero-order chi connectivity index (χ0) is 11.4. The molecule has 1 saturated heterocycles. The van der Waals surface area contributed by atoms with E-state index in [-0.39, 0.29) is 5.91 Å². The molecular weight excluding hydrogens is 194 g/mol. The lowest BCUT2D eigenvalue weighted by molar-refractivity contribution is -0.138. The Balaban J connectivity index is 2.62. The number of nitrogens with two attached hydrogens (primary N) is 2. The van der Waals surface area contributed by atoms with Gasteiger partial charge in [0.25, 0.3) is 0 Å². The third-order valence-electron chi connectivity index (χ3n) is 2.78. The molecule has 0 aromatic rings. The van der Waals surface area contributed by atoms with Crippen LogP contribution in [0.15, 0.2) is 0 Å². The summed E-state index contributed by atoms with van der Waals surface area (Å²) in [4.78, 5) is 24.5. The van der Waals surface area contributed by atoms with Crippen LogP contribution in [0.3, 0.4) is 0 Å². The molecule has 0 bridgehead atoms. The monoisotopic (exact) mass is 213 g/mol. The molecule has 0 saturated carbocycles. The van der Waals surface area contributed by atoms with E-state index in [2.05, 4.69) is 0 Å². The van der Waals surface area contributed by atoms with Crippen molar-refractivity contribution in [3.8, 4) is 0 Å². The quantitative estimate of drug-likeness (QED) is 0.665. The average Bonchev–Trinajstić information content (AvgIpc) is 2.65. The van der Waals surface area contributed by atoms with Crippen LogP contribution in [0, 0.1) is 0 Å². The highest BCUT2D eigenvalue weighted by atomic mass is 16.2. The second-order valence-corrected chi connectivity index (χ2v) is 3.99. The lowest BCUT2D eigenvalue weighted by atomic mass is 10.1. The van der Waals surface area contributed by atoms with Crippen LogP contribution in [0.4, 0.5) is 0 Å². The summed E-state index contributed by atoms with van der Waals surface area (Å²) < 4.78 is 0. The van der Waals surface area contributed by atoms with Gasteiger partial charge in [0.05, 0.1) is 6.04 Å². The number of carbonyl (C=O) groups is 2. The molecule has 1 unspecified atom stereocenters. The lowest BCUT2D eigenvalue weighted by Crippen LogP contribution is -2.50. The largest absolute Gasteiger partial charge is 0.368 e. The topological polar surface area (TPSA) is 89.4 Å². The van der Waals surface area contributed by atoms with Crippen LogP contribution in [0.5, 0.6) is 0 Å². The van der Waals surface area contributed by atoms with E-state index in [0.29, 0.717) is 19.4 Å². The summed E-state index contributed by atoms with van der Waals surface area (Å²) in [7, 11) is 0. The van der Waals surface area contributed by atoms with Gasteiger partial charge in [-0.1, -0.05) is 13.3 Å². The zero-order valence-corrected chi connectivity index (χ0v) is 9.11. The number of hydrogen-bond donors (Lipinski definition) is 2. The molecule has 0 aromatic carbocycles. The van der Waals surface area contributed by atoms with Crippen molar-refractivity contribution in [1.82, 2.24) is 4.90 Å². The van der Waals surface area contributed by atoms with E-state index in [9.17, 15) is 9.59 Å². The van der Waals surface area contributed by atoms with Crippen molar-refractivity contribution in [2.45, 2.75) is 44.7 Å². The lowest BCUT2D eigenvalue weighted by Gasteiger charge is -2.25. The van der Waals surface area contributed by atoms with Crippen molar-refractivity contribution in [3.05, 3.63) is 0 Å². The molecule has 1 heterocycles. The van der Waals surface area contributed by atoms with Gasteiger partial charge in [-0.15, -0.1) is 0 Å². The Bertz CT molecular complexity index is 255. The Morgan fingerprint density at radius 2 is 2.20 bits per heavy atom. The maximum Gasteiger partial charge on any atom is 0.240 e. The fraction of sp³-hybridized carbons (Fsp3) is 0.800. The average molecular weight is 213 g/mol. The van der Waals surface area contributed by atoms with E-state index >= 15 is 0 Å². The fourth-order valence-corrected chi connectivity index (χ4v) is 1.97. The molecule has 0 aliphatic carbocycles. The number of carbonyl (C=O) groups excluding carboxylic acids is 2. The molecule has 0 aromatic heterocycles. The summed E-state index contributed by atoms with van der Waals surface area (Å²) in [5, 5.41) is 0. The van der Waals surface area contributed by atoms with E-state index in [1.54, 1.807) is 0 Å². The van der Waals surface area contributed by atoms with Crippen molar-refractivity contribution in [1.29, 1.82) is 0 Å². The molecular formula is C10H19N3O2. The highest BCUT2D eigenvalue weighted by molar-refractivity contribution is 5.89. The van der Waals surface area contributed by atoms with E-state index < -0.39 is 18.0 Å². The van der Waals surface area contributed by atoms with E-state index in [4.69, 9.17) is 11.5 Å². The molecule has 5 heteroatoms. The second-order valence-electron chi connectivity index (χ2n) is 3.99. The smallest absolute Gasteiger partial charge is 0.240 e. The Hall–Kier alpha value is -1.10. The number of nitrogens with zero attached hydrogens (tertiary/aromatic N) is 1. The van der Waals surface area contributed by atoms with Gasteiger partial charge in [-0.3, -0.25) is 9.59 Å². The molecule has 1 aliphatic rings. The number of hydrogen-bond acceptors (Lipinski definition) is 3. The molecule has 1 fully saturated rings. The first-order valence-corrected chi connectivity index (χ1v) is 5.43. The second kappa shape index (κ2) is 5.11. The highest BCUT2D eigenvalue weighted by Gasteiger charge is 2.34. The number of rotatable bonds is 4. The summed E-state index contributed by atoms with van der Waals surface area (Å²) >= 11 is 0. The maximum atomic E-state index is 11.8. The summed E-state index contributed by atoms with van der Waals surface area (Å²) in [6.45, 7) is 2.58. The van der Waals surface area contributed by atoms with E-state index in [1.165, 1.54) is 4.90 Å². The summed E-state index contributed by atoms with van der Waals surface area (Å²) in [5.74, 6) is -0.567.